The van der Waals surface area contributed by atoms with E-state index in [1.165, 1.54) is 6.42 Å². The number of hydrogen-bond acceptors (Lipinski definition) is 0. The quantitative estimate of drug-likeness (QED) is 0.460. The van der Waals surface area contributed by atoms with Crippen molar-refractivity contribution < 1.29 is 0 Å². The average Bonchev–Trinajstić information content (AvgIpc) is 2.97. The Labute approximate surface area is 98.8 Å². The van der Waals surface area contributed by atoms with Crippen LogP contribution in [0.4, 0.5) is 0 Å². The van der Waals surface area contributed by atoms with Gasteiger partial charge < -0.3 is 0 Å². The first kappa shape index (κ1) is 9.50. The van der Waals surface area contributed by atoms with Crippen LogP contribution in [0.25, 0.3) is 0 Å². The summed E-state index contributed by atoms with van der Waals surface area (Å²) in [5, 5.41) is 0. The van der Waals surface area contributed by atoms with Crippen LogP contribution in [-0.2, 0) is 0 Å². The van der Waals surface area contributed by atoms with Crippen molar-refractivity contribution >= 4 is 0 Å². The fraction of sp³-hybridized carbons (Fsp3) is 0.750. The molecule has 3 fully saturated rings. The SMILES string of the molecule is C=CC1CC2C(C)C1C1C3C=CC(C3C)C21. The van der Waals surface area contributed by atoms with Gasteiger partial charge in [-0.1, -0.05) is 32.1 Å². The maximum absolute atomic E-state index is 4.07. The second-order valence-electron chi connectivity index (χ2n) is 6.79. The van der Waals surface area contributed by atoms with Crippen molar-refractivity contribution in [3.63, 3.8) is 0 Å². The second kappa shape index (κ2) is 2.83. The fourth-order valence-corrected chi connectivity index (χ4v) is 6.18. The normalized spacial score (nSPS) is 65.2. The van der Waals surface area contributed by atoms with Crippen molar-refractivity contribution in [1.29, 1.82) is 0 Å². The molecule has 4 bridgehead atoms. The van der Waals surface area contributed by atoms with Gasteiger partial charge in [0.1, 0.15) is 0 Å². The highest BCUT2D eigenvalue weighted by Gasteiger charge is 2.65. The van der Waals surface area contributed by atoms with E-state index in [9.17, 15) is 0 Å². The summed E-state index contributed by atoms with van der Waals surface area (Å²) in [6, 6.07) is 0. The maximum Gasteiger partial charge on any atom is -0.0168 e. The zero-order chi connectivity index (χ0) is 11.0. The molecule has 86 valence electrons. The van der Waals surface area contributed by atoms with E-state index in [0.717, 1.165) is 53.3 Å². The molecule has 4 aliphatic rings. The predicted molar refractivity (Wildman–Crippen MR) is 66.7 cm³/mol. The molecule has 9 unspecified atom stereocenters. The van der Waals surface area contributed by atoms with Crippen LogP contribution in [0.15, 0.2) is 24.8 Å². The van der Waals surface area contributed by atoms with Crippen LogP contribution in [-0.4, -0.2) is 0 Å². The van der Waals surface area contributed by atoms with E-state index >= 15 is 0 Å². The molecule has 0 aromatic rings. The largest absolute Gasteiger partial charge is 0.103 e. The highest BCUT2D eigenvalue weighted by atomic mass is 14.7. The third-order valence-electron chi connectivity index (χ3n) is 6.67. The Balaban J connectivity index is 1.78. The van der Waals surface area contributed by atoms with Crippen LogP contribution in [0, 0.1) is 53.3 Å². The second-order valence-corrected chi connectivity index (χ2v) is 6.79. The first-order chi connectivity index (χ1) is 7.74. The van der Waals surface area contributed by atoms with Crippen LogP contribution in [0.3, 0.4) is 0 Å². The molecule has 0 aromatic heterocycles. The lowest BCUT2D eigenvalue weighted by atomic mass is 9.69. The van der Waals surface area contributed by atoms with Crippen molar-refractivity contribution in [2.24, 2.45) is 53.3 Å². The summed E-state index contributed by atoms with van der Waals surface area (Å²) >= 11 is 0. The van der Waals surface area contributed by atoms with Gasteiger partial charge in [-0.25, -0.2) is 0 Å². The summed E-state index contributed by atoms with van der Waals surface area (Å²) in [6.45, 7) is 9.08. The summed E-state index contributed by atoms with van der Waals surface area (Å²) in [7, 11) is 0. The lowest BCUT2D eigenvalue weighted by Crippen LogP contribution is -2.30. The summed E-state index contributed by atoms with van der Waals surface area (Å²) in [4.78, 5) is 0. The standard InChI is InChI=1S/C16H22/c1-4-10-7-13-9(3)14(10)16-12-6-5-11(8(12)2)15(13)16/h4-6,8-16H,1,7H2,2-3H3. The molecule has 0 aromatic carbocycles. The van der Waals surface area contributed by atoms with Crippen LogP contribution in [0.1, 0.15) is 20.3 Å². The van der Waals surface area contributed by atoms with Gasteiger partial charge in [-0.05, 0) is 59.7 Å². The van der Waals surface area contributed by atoms with Crippen LogP contribution < -0.4 is 0 Å². The molecule has 0 saturated heterocycles. The molecule has 4 aliphatic carbocycles. The summed E-state index contributed by atoms with van der Waals surface area (Å²) in [5.41, 5.74) is 0. The zero-order valence-corrected chi connectivity index (χ0v) is 10.3. The molecule has 0 heterocycles. The highest BCUT2D eigenvalue weighted by Crippen LogP contribution is 2.70. The van der Waals surface area contributed by atoms with Crippen molar-refractivity contribution in [3.05, 3.63) is 24.8 Å². The molecular weight excluding hydrogens is 192 g/mol. The Morgan fingerprint density at radius 1 is 1.00 bits per heavy atom. The Hall–Kier alpha value is -0.520. The first-order valence-corrected chi connectivity index (χ1v) is 7.05. The van der Waals surface area contributed by atoms with Gasteiger partial charge in [-0.15, -0.1) is 6.58 Å². The van der Waals surface area contributed by atoms with Gasteiger partial charge >= 0.3 is 0 Å². The third-order valence-corrected chi connectivity index (χ3v) is 6.67. The van der Waals surface area contributed by atoms with E-state index in [-0.39, 0.29) is 0 Å². The lowest BCUT2D eigenvalue weighted by Gasteiger charge is -2.35. The van der Waals surface area contributed by atoms with E-state index in [1.54, 1.807) is 0 Å². The summed E-state index contributed by atoms with van der Waals surface area (Å²) in [5.74, 6) is 8.62. The average molecular weight is 214 g/mol. The molecule has 0 aliphatic heterocycles. The number of hydrogen-bond donors (Lipinski definition) is 0. The van der Waals surface area contributed by atoms with Gasteiger partial charge in [-0.3, -0.25) is 0 Å². The van der Waals surface area contributed by atoms with Crippen LogP contribution >= 0.6 is 0 Å². The van der Waals surface area contributed by atoms with Crippen molar-refractivity contribution in [1.82, 2.24) is 0 Å². The smallest absolute Gasteiger partial charge is 0.0168 e. The van der Waals surface area contributed by atoms with Gasteiger partial charge in [-0.2, -0.15) is 0 Å². The van der Waals surface area contributed by atoms with Crippen LogP contribution in [0.5, 0.6) is 0 Å². The van der Waals surface area contributed by atoms with Gasteiger partial charge in [0.15, 0.2) is 0 Å². The lowest BCUT2D eigenvalue weighted by molar-refractivity contribution is 0.172. The van der Waals surface area contributed by atoms with Crippen molar-refractivity contribution in [2.75, 3.05) is 0 Å². The molecule has 0 radical (unpaired) electrons. The minimum atomic E-state index is 0.834. The fourth-order valence-electron chi connectivity index (χ4n) is 6.18. The Kier molecular flexibility index (Phi) is 1.68. The first-order valence-electron chi connectivity index (χ1n) is 7.05. The molecule has 9 atom stereocenters. The minimum Gasteiger partial charge on any atom is -0.103 e. The van der Waals surface area contributed by atoms with Crippen LogP contribution in [0.2, 0.25) is 0 Å². The third kappa shape index (κ3) is 0.824. The van der Waals surface area contributed by atoms with E-state index < -0.39 is 0 Å². The molecule has 0 N–H and O–H groups in total. The van der Waals surface area contributed by atoms with Gasteiger partial charge in [0.05, 0.1) is 0 Å². The van der Waals surface area contributed by atoms with Gasteiger partial charge in [0.25, 0.3) is 0 Å². The Morgan fingerprint density at radius 3 is 2.38 bits per heavy atom. The molecular formula is C16H22. The minimum absolute atomic E-state index is 0.834. The highest BCUT2D eigenvalue weighted by molar-refractivity contribution is 5.24. The molecule has 0 heteroatoms. The molecule has 16 heavy (non-hydrogen) atoms. The Bertz CT molecular complexity index is 366. The van der Waals surface area contributed by atoms with E-state index in [1.807, 2.05) is 0 Å². The predicted octanol–water partition coefficient (Wildman–Crippen LogP) is 3.76. The van der Waals surface area contributed by atoms with Crippen molar-refractivity contribution in [3.8, 4) is 0 Å². The molecule has 3 saturated carbocycles. The molecule has 0 nitrogen and oxygen atoms in total. The van der Waals surface area contributed by atoms with E-state index in [2.05, 4.69) is 38.7 Å². The Morgan fingerprint density at radius 2 is 1.69 bits per heavy atom. The number of rotatable bonds is 1. The maximum atomic E-state index is 4.07. The summed E-state index contributed by atoms with van der Waals surface area (Å²) in [6.07, 6.45) is 8.80. The van der Waals surface area contributed by atoms with E-state index in [4.69, 9.17) is 0 Å². The number of fused-ring (bicyclic) bond motifs is 9. The zero-order valence-electron chi connectivity index (χ0n) is 10.3. The number of allylic oxidation sites excluding steroid dienone is 3. The van der Waals surface area contributed by atoms with Crippen molar-refractivity contribution in [2.45, 2.75) is 20.3 Å². The molecule has 0 amide bonds. The van der Waals surface area contributed by atoms with Gasteiger partial charge in [0, 0.05) is 0 Å². The monoisotopic (exact) mass is 214 g/mol. The topological polar surface area (TPSA) is 0 Å². The summed E-state index contributed by atoms with van der Waals surface area (Å²) < 4.78 is 0. The van der Waals surface area contributed by atoms with E-state index in [0.29, 0.717) is 0 Å². The molecule has 4 rings (SSSR count). The van der Waals surface area contributed by atoms with Gasteiger partial charge in [0.2, 0.25) is 0 Å². The molecule has 0 spiro atoms.